The standard InChI is InChI=1S/C41H29N3/c1-41(2)34-24-30(26-13-5-3-6-14-26)21-22-32(34)38-39(41)43-40(37(42-38)27-15-7-4-8-16-27)44-35-20-12-11-19-31(35)33-23-28-17-9-10-18-29(28)25-36(33)44/h3-25H,1-2H3. The molecule has 0 N–H and O–H groups in total. The largest absolute Gasteiger partial charge is 0.292 e. The monoisotopic (exact) mass is 563 g/mol. The van der Waals surface area contributed by atoms with Gasteiger partial charge in [-0.3, -0.25) is 4.57 Å². The van der Waals surface area contributed by atoms with Crippen LogP contribution in [0.25, 0.3) is 72.0 Å². The molecule has 2 aromatic heterocycles. The Balaban J connectivity index is 1.36. The van der Waals surface area contributed by atoms with E-state index in [1.165, 1.54) is 38.2 Å². The molecule has 0 fully saturated rings. The van der Waals surface area contributed by atoms with E-state index in [-0.39, 0.29) is 5.41 Å². The molecule has 0 spiro atoms. The van der Waals surface area contributed by atoms with Crippen LogP contribution in [0.2, 0.25) is 0 Å². The second-order valence-electron chi connectivity index (χ2n) is 12.3. The first-order valence-electron chi connectivity index (χ1n) is 15.2. The molecule has 0 saturated heterocycles. The van der Waals surface area contributed by atoms with Crippen molar-refractivity contribution in [1.82, 2.24) is 14.5 Å². The smallest absolute Gasteiger partial charge is 0.164 e. The molecule has 0 bridgehead atoms. The number of benzene rings is 6. The summed E-state index contributed by atoms with van der Waals surface area (Å²) in [7, 11) is 0. The molecule has 0 radical (unpaired) electrons. The minimum Gasteiger partial charge on any atom is -0.292 e. The molecular weight excluding hydrogens is 534 g/mol. The van der Waals surface area contributed by atoms with E-state index in [4.69, 9.17) is 9.97 Å². The molecule has 3 nitrogen and oxygen atoms in total. The summed E-state index contributed by atoms with van der Waals surface area (Å²) < 4.78 is 2.33. The lowest BCUT2D eigenvalue weighted by Gasteiger charge is -2.22. The van der Waals surface area contributed by atoms with Crippen LogP contribution < -0.4 is 0 Å². The highest BCUT2D eigenvalue weighted by atomic mass is 15.1. The predicted molar refractivity (Wildman–Crippen MR) is 182 cm³/mol. The lowest BCUT2D eigenvalue weighted by atomic mass is 9.84. The summed E-state index contributed by atoms with van der Waals surface area (Å²) in [5.74, 6) is 0.862. The van der Waals surface area contributed by atoms with Crippen LogP contribution in [0.15, 0.2) is 140 Å². The van der Waals surface area contributed by atoms with Crippen molar-refractivity contribution in [2.24, 2.45) is 0 Å². The molecule has 2 heterocycles. The van der Waals surface area contributed by atoms with Crippen molar-refractivity contribution >= 4 is 32.6 Å². The molecule has 9 rings (SSSR count). The zero-order valence-electron chi connectivity index (χ0n) is 24.6. The number of fused-ring (bicyclic) bond motifs is 7. The van der Waals surface area contributed by atoms with Crippen LogP contribution in [0, 0.1) is 0 Å². The van der Waals surface area contributed by atoms with Gasteiger partial charge < -0.3 is 0 Å². The Bertz CT molecular complexity index is 2400. The maximum absolute atomic E-state index is 5.62. The van der Waals surface area contributed by atoms with E-state index >= 15 is 0 Å². The molecule has 8 aromatic rings. The number of rotatable bonds is 3. The second-order valence-corrected chi connectivity index (χ2v) is 12.3. The van der Waals surface area contributed by atoms with E-state index in [1.807, 2.05) is 0 Å². The SMILES string of the molecule is CC1(C)c2cc(-c3ccccc3)ccc2-c2nc(-c3ccccc3)c(-n3c4ccccc4c4cc5ccccc5cc43)nc21. The van der Waals surface area contributed by atoms with Gasteiger partial charge in [0, 0.05) is 27.3 Å². The van der Waals surface area contributed by atoms with Crippen LogP contribution in [0.4, 0.5) is 0 Å². The van der Waals surface area contributed by atoms with E-state index in [9.17, 15) is 0 Å². The Morgan fingerprint density at radius 1 is 0.500 bits per heavy atom. The van der Waals surface area contributed by atoms with E-state index in [0.29, 0.717) is 0 Å². The van der Waals surface area contributed by atoms with Crippen LogP contribution >= 0.6 is 0 Å². The van der Waals surface area contributed by atoms with Gasteiger partial charge in [-0.05, 0) is 51.7 Å². The second kappa shape index (κ2) is 9.23. The first-order chi connectivity index (χ1) is 21.6. The van der Waals surface area contributed by atoms with Crippen LogP contribution in [-0.2, 0) is 5.41 Å². The fourth-order valence-corrected chi connectivity index (χ4v) is 7.08. The van der Waals surface area contributed by atoms with E-state index in [0.717, 1.165) is 45.1 Å². The van der Waals surface area contributed by atoms with Crippen molar-refractivity contribution in [3.63, 3.8) is 0 Å². The average molecular weight is 564 g/mol. The van der Waals surface area contributed by atoms with E-state index < -0.39 is 0 Å². The van der Waals surface area contributed by atoms with Gasteiger partial charge >= 0.3 is 0 Å². The Hall–Kier alpha value is -5.54. The van der Waals surface area contributed by atoms with Gasteiger partial charge in [0.1, 0.15) is 5.69 Å². The summed E-state index contributed by atoms with van der Waals surface area (Å²) in [5, 5.41) is 4.87. The highest BCUT2D eigenvalue weighted by Gasteiger charge is 2.40. The summed E-state index contributed by atoms with van der Waals surface area (Å²) in [4.78, 5) is 11.1. The van der Waals surface area contributed by atoms with Crippen molar-refractivity contribution < 1.29 is 0 Å². The fraction of sp³-hybridized carbons (Fsp3) is 0.0732. The van der Waals surface area contributed by atoms with Gasteiger partial charge in [-0.1, -0.05) is 129 Å². The quantitative estimate of drug-likeness (QED) is 0.214. The molecule has 0 unspecified atom stereocenters. The minimum atomic E-state index is -0.322. The van der Waals surface area contributed by atoms with Crippen molar-refractivity contribution in [1.29, 1.82) is 0 Å². The Labute approximate surface area is 256 Å². The summed E-state index contributed by atoms with van der Waals surface area (Å²) in [6.45, 7) is 4.57. The predicted octanol–water partition coefficient (Wildman–Crippen LogP) is 10.4. The molecule has 6 aromatic carbocycles. The van der Waals surface area contributed by atoms with Crippen LogP contribution in [0.3, 0.4) is 0 Å². The molecule has 0 aliphatic heterocycles. The lowest BCUT2D eigenvalue weighted by molar-refractivity contribution is 0.633. The molecule has 1 aliphatic carbocycles. The van der Waals surface area contributed by atoms with Gasteiger partial charge in [-0.15, -0.1) is 0 Å². The van der Waals surface area contributed by atoms with Crippen molar-refractivity contribution in [3.8, 4) is 39.5 Å². The van der Waals surface area contributed by atoms with Gasteiger partial charge in [0.2, 0.25) is 0 Å². The topological polar surface area (TPSA) is 30.7 Å². The molecule has 208 valence electrons. The van der Waals surface area contributed by atoms with Gasteiger partial charge in [0.15, 0.2) is 5.82 Å². The lowest BCUT2D eigenvalue weighted by Crippen LogP contribution is -2.19. The highest BCUT2D eigenvalue weighted by molar-refractivity contribution is 6.13. The molecule has 0 saturated carbocycles. The summed E-state index contributed by atoms with van der Waals surface area (Å²) >= 11 is 0. The third kappa shape index (κ3) is 3.56. The molecule has 0 amide bonds. The number of nitrogens with zero attached hydrogens (tertiary/aromatic N) is 3. The van der Waals surface area contributed by atoms with Crippen molar-refractivity contribution in [2.75, 3.05) is 0 Å². The zero-order chi connectivity index (χ0) is 29.4. The van der Waals surface area contributed by atoms with Crippen LogP contribution in [-0.4, -0.2) is 14.5 Å². The molecular formula is C41H29N3. The molecule has 0 atom stereocenters. The number of hydrogen-bond acceptors (Lipinski definition) is 2. The average Bonchev–Trinajstić information content (AvgIpc) is 3.51. The first-order valence-corrected chi connectivity index (χ1v) is 15.2. The first kappa shape index (κ1) is 25.0. The van der Waals surface area contributed by atoms with Gasteiger partial charge in [-0.2, -0.15) is 0 Å². The van der Waals surface area contributed by atoms with Gasteiger partial charge in [0.25, 0.3) is 0 Å². The van der Waals surface area contributed by atoms with Gasteiger partial charge in [-0.25, -0.2) is 9.97 Å². The summed E-state index contributed by atoms with van der Waals surface area (Å²) in [6.07, 6.45) is 0. The summed E-state index contributed by atoms with van der Waals surface area (Å²) in [6, 6.07) is 49.8. The Morgan fingerprint density at radius 3 is 1.93 bits per heavy atom. The highest BCUT2D eigenvalue weighted by Crippen LogP contribution is 2.49. The number of aromatic nitrogens is 3. The van der Waals surface area contributed by atoms with E-state index in [1.54, 1.807) is 0 Å². The van der Waals surface area contributed by atoms with Crippen molar-refractivity contribution in [2.45, 2.75) is 19.3 Å². The maximum Gasteiger partial charge on any atom is 0.164 e. The normalized spacial score (nSPS) is 13.4. The third-order valence-electron chi connectivity index (χ3n) is 9.32. The van der Waals surface area contributed by atoms with Crippen LogP contribution in [0.1, 0.15) is 25.1 Å². The molecule has 44 heavy (non-hydrogen) atoms. The zero-order valence-corrected chi connectivity index (χ0v) is 24.6. The third-order valence-corrected chi connectivity index (χ3v) is 9.32. The summed E-state index contributed by atoms with van der Waals surface area (Å²) in [5.41, 5.74) is 10.7. The van der Waals surface area contributed by atoms with Crippen LogP contribution in [0.5, 0.6) is 0 Å². The molecule has 3 heteroatoms. The number of hydrogen-bond donors (Lipinski definition) is 0. The van der Waals surface area contributed by atoms with E-state index in [2.05, 4.69) is 158 Å². The maximum atomic E-state index is 5.62. The minimum absolute atomic E-state index is 0.322. The fourth-order valence-electron chi connectivity index (χ4n) is 7.08. The molecule has 1 aliphatic rings. The Kier molecular flexibility index (Phi) is 5.24. The van der Waals surface area contributed by atoms with Gasteiger partial charge in [0.05, 0.1) is 22.4 Å². The Morgan fingerprint density at radius 2 is 1.16 bits per heavy atom. The number of para-hydroxylation sites is 1. The van der Waals surface area contributed by atoms with Crippen molar-refractivity contribution in [3.05, 3.63) is 151 Å².